The van der Waals surface area contributed by atoms with Crippen LogP contribution in [0.3, 0.4) is 0 Å². The van der Waals surface area contributed by atoms with Gasteiger partial charge in [0.2, 0.25) is 5.95 Å². The molecule has 2 aromatic heterocycles. The van der Waals surface area contributed by atoms with Gasteiger partial charge in [-0.25, -0.2) is 9.67 Å². The predicted octanol–water partition coefficient (Wildman–Crippen LogP) is 2.50. The van der Waals surface area contributed by atoms with Gasteiger partial charge in [0.15, 0.2) is 0 Å². The Hall–Kier alpha value is -2.66. The molecule has 0 unspecified atom stereocenters. The molecule has 0 aliphatic rings. The van der Waals surface area contributed by atoms with Crippen LogP contribution in [0.1, 0.15) is 22.0 Å². The molecular weight excluding hydrogens is 332 g/mol. The highest BCUT2D eigenvalue weighted by Crippen LogP contribution is 2.28. The molecule has 23 heavy (non-hydrogen) atoms. The first kappa shape index (κ1) is 16.7. The van der Waals surface area contributed by atoms with E-state index in [0.29, 0.717) is 10.7 Å². The second kappa shape index (κ2) is 5.52. The molecule has 0 aliphatic carbocycles. The molecule has 6 nitrogen and oxygen atoms in total. The van der Waals surface area contributed by atoms with Crippen LogP contribution in [0.15, 0.2) is 18.2 Å². The van der Waals surface area contributed by atoms with E-state index >= 15 is 0 Å². The van der Waals surface area contributed by atoms with E-state index in [4.69, 9.17) is 0 Å². The molecule has 2 rings (SSSR count). The van der Waals surface area contributed by atoms with Gasteiger partial charge in [0.05, 0.1) is 0 Å². The number of carbonyl (C=O) groups is 1. The lowest BCUT2D eigenvalue weighted by molar-refractivity contribution is -0.145. The third-order valence-electron chi connectivity index (χ3n) is 2.51. The maximum Gasteiger partial charge on any atom is 0.453 e. The van der Waals surface area contributed by atoms with Gasteiger partial charge in [-0.15, -0.1) is 5.10 Å². The summed E-state index contributed by atoms with van der Waals surface area (Å²) in [5.41, 5.74) is -1.93. The van der Waals surface area contributed by atoms with Crippen LogP contribution in [0, 0.1) is 0 Å². The lowest BCUT2D eigenvalue weighted by atomic mass is 10.3. The highest BCUT2D eigenvalue weighted by Gasteiger charge is 2.37. The van der Waals surface area contributed by atoms with Crippen LogP contribution >= 0.6 is 0 Å². The van der Waals surface area contributed by atoms with Gasteiger partial charge in [0.25, 0.3) is 11.7 Å². The number of alkyl halides is 6. The molecule has 0 saturated carbocycles. The average molecular weight is 339 g/mol. The van der Waals surface area contributed by atoms with Crippen molar-refractivity contribution in [3.05, 3.63) is 35.4 Å². The molecule has 2 aromatic rings. The van der Waals surface area contributed by atoms with Gasteiger partial charge in [-0.05, 0) is 12.1 Å². The molecule has 2 heterocycles. The van der Waals surface area contributed by atoms with Crippen molar-refractivity contribution in [2.24, 2.45) is 7.05 Å². The summed E-state index contributed by atoms with van der Waals surface area (Å²) in [4.78, 5) is 18.0. The molecule has 124 valence electrons. The van der Waals surface area contributed by atoms with Gasteiger partial charge in [-0.1, -0.05) is 6.07 Å². The Balaban J connectivity index is 2.25. The lowest BCUT2D eigenvalue weighted by Gasteiger charge is -2.07. The fraction of sp³-hybridized carbons (Fsp3) is 0.273. The van der Waals surface area contributed by atoms with Gasteiger partial charge in [0, 0.05) is 7.05 Å². The highest BCUT2D eigenvalue weighted by molar-refractivity contribution is 6.01. The van der Waals surface area contributed by atoms with E-state index in [1.807, 2.05) is 5.32 Å². The SMILES string of the molecule is Cn1nc(C(F)(F)F)nc1NC(=O)c1cccc(C(F)(F)F)n1. The molecule has 0 atom stereocenters. The van der Waals surface area contributed by atoms with Gasteiger partial charge >= 0.3 is 12.4 Å². The zero-order valence-corrected chi connectivity index (χ0v) is 11.2. The molecule has 1 amide bonds. The van der Waals surface area contributed by atoms with Gasteiger partial charge in [-0.2, -0.15) is 31.3 Å². The van der Waals surface area contributed by atoms with Crippen molar-refractivity contribution in [2.75, 3.05) is 5.32 Å². The Bertz CT molecular complexity index is 735. The zero-order chi connectivity index (χ0) is 17.4. The summed E-state index contributed by atoms with van der Waals surface area (Å²) in [5, 5.41) is 4.97. The van der Waals surface area contributed by atoms with Crippen LogP contribution < -0.4 is 5.32 Å². The van der Waals surface area contributed by atoms with Crippen LogP contribution in [-0.2, 0) is 19.4 Å². The van der Waals surface area contributed by atoms with Crippen molar-refractivity contribution in [1.29, 1.82) is 0 Å². The number of aromatic nitrogens is 4. The zero-order valence-electron chi connectivity index (χ0n) is 11.2. The van der Waals surface area contributed by atoms with E-state index < -0.39 is 41.4 Å². The van der Waals surface area contributed by atoms with Crippen LogP contribution in [0.25, 0.3) is 0 Å². The third kappa shape index (κ3) is 3.76. The number of halogens is 6. The van der Waals surface area contributed by atoms with Crippen LogP contribution in [-0.4, -0.2) is 25.7 Å². The maximum absolute atomic E-state index is 12.5. The summed E-state index contributed by atoms with van der Waals surface area (Å²) >= 11 is 0. The molecule has 0 radical (unpaired) electrons. The summed E-state index contributed by atoms with van der Waals surface area (Å²) in [6.07, 6.45) is -9.58. The van der Waals surface area contributed by atoms with Crippen LogP contribution in [0.5, 0.6) is 0 Å². The normalized spacial score (nSPS) is 12.3. The van der Waals surface area contributed by atoms with Crippen molar-refractivity contribution in [2.45, 2.75) is 12.4 Å². The fourth-order valence-corrected chi connectivity index (χ4v) is 1.50. The Morgan fingerprint density at radius 3 is 2.26 bits per heavy atom. The Morgan fingerprint density at radius 2 is 1.74 bits per heavy atom. The van der Waals surface area contributed by atoms with E-state index in [0.717, 1.165) is 19.2 Å². The number of hydrogen-bond donors (Lipinski definition) is 1. The molecule has 0 aliphatic heterocycles. The number of rotatable bonds is 2. The molecule has 12 heteroatoms. The van der Waals surface area contributed by atoms with Crippen molar-refractivity contribution >= 4 is 11.9 Å². The van der Waals surface area contributed by atoms with E-state index in [1.54, 1.807) is 0 Å². The molecule has 0 fully saturated rings. The number of carbonyl (C=O) groups excluding carboxylic acids is 1. The van der Waals surface area contributed by atoms with Gasteiger partial charge < -0.3 is 0 Å². The topological polar surface area (TPSA) is 72.7 Å². The molecule has 0 saturated heterocycles. The van der Waals surface area contributed by atoms with E-state index in [2.05, 4.69) is 15.1 Å². The van der Waals surface area contributed by atoms with Gasteiger partial charge in [0.1, 0.15) is 11.4 Å². The average Bonchev–Trinajstić information content (AvgIpc) is 2.79. The quantitative estimate of drug-likeness (QED) is 0.854. The molecule has 0 spiro atoms. The molecule has 0 bridgehead atoms. The first-order chi connectivity index (χ1) is 10.5. The Labute approximate surface area is 124 Å². The van der Waals surface area contributed by atoms with E-state index in [9.17, 15) is 31.1 Å². The van der Waals surface area contributed by atoms with Gasteiger partial charge in [-0.3, -0.25) is 10.1 Å². The number of hydrogen-bond acceptors (Lipinski definition) is 4. The lowest BCUT2D eigenvalue weighted by Crippen LogP contribution is -2.19. The summed E-state index contributed by atoms with van der Waals surface area (Å²) in [6.45, 7) is 0. The Morgan fingerprint density at radius 1 is 1.09 bits per heavy atom. The number of pyridine rings is 1. The minimum absolute atomic E-state index is 0.582. The monoisotopic (exact) mass is 339 g/mol. The van der Waals surface area contributed by atoms with Crippen molar-refractivity contribution in [3.8, 4) is 0 Å². The molecular formula is C11H7F6N5O. The first-order valence-corrected chi connectivity index (χ1v) is 5.82. The largest absolute Gasteiger partial charge is 0.453 e. The maximum atomic E-state index is 12.5. The number of aryl methyl sites for hydroxylation is 1. The Kier molecular flexibility index (Phi) is 4.01. The number of nitrogens with zero attached hydrogens (tertiary/aromatic N) is 4. The minimum Gasteiger partial charge on any atom is -0.289 e. The molecule has 1 N–H and O–H groups in total. The second-order valence-electron chi connectivity index (χ2n) is 4.24. The highest BCUT2D eigenvalue weighted by atomic mass is 19.4. The second-order valence-corrected chi connectivity index (χ2v) is 4.24. The van der Waals surface area contributed by atoms with E-state index in [-0.39, 0.29) is 0 Å². The van der Waals surface area contributed by atoms with Crippen LogP contribution in [0.4, 0.5) is 32.3 Å². The van der Waals surface area contributed by atoms with Crippen molar-refractivity contribution < 1.29 is 31.1 Å². The van der Waals surface area contributed by atoms with Crippen LogP contribution in [0.2, 0.25) is 0 Å². The number of amides is 1. The first-order valence-electron chi connectivity index (χ1n) is 5.82. The smallest absolute Gasteiger partial charge is 0.289 e. The fourth-order valence-electron chi connectivity index (χ4n) is 1.50. The predicted molar refractivity (Wildman–Crippen MR) is 63.2 cm³/mol. The third-order valence-corrected chi connectivity index (χ3v) is 2.51. The number of anilines is 1. The summed E-state index contributed by atoms with van der Waals surface area (Å²) in [7, 11) is 1.08. The standard InChI is InChI=1S/C11H7F6N5O/c1-22-9(20-8(21-22)11(15,16)17)19-7(23)5-3-2-4-6(18-5)10(12,13)14/h2-4H,1H3,(H,19,20,21,23). The molecule has 0 aromatic carbocycles. The summed E-state index contributed by atoms with van der Waals surface area (Å²) in [6, 6.07) is 2.58. The summed E-state index contributed by atoms with van der Waals surface area (Å²) in [5.74, 6) is -3.23. The van der Waals surface area contributed by atoms with E-state index in [1.165, 1.54) is 0 Å². The number of nitrogens with one attached hydrogen (secondary N) is 1. The van der Waals surface area contributed by atoms with Crippen molar-refractivity contribution in [3.63, 3.8) is 0 Å². The minimum atomic E-state index is -4.82. The summed E-state index contributed by atoms with van der Waals surface area (Å²) < 4.78 is 75.5. The van der Waals surface area contributed by atoms with Crippen molar-refractivity contribution in [1.82, 2.24) is 19.7 Å².